The van der Waals surface area contributed by atoms with E-state index in [1.54, 1.807) is 17.0 Å². The molecule has 0 saturated carbocycles. The van der Waals surface area contributed by atoms with Crippen LogP contribution in [0.15, 0.2) is 23.3 Å². The Labute approximate surface area is 126 Å². The number of hydrogen-bond acceptors (Lipinski definition) is 3. The summed E-state index contributed by atoms with van der Waals surface area (Å²) in [5.41, 5.74) is 9.22. The van der Waals surface area contributed by atoms with Gasteiger partial charge in [0.1, 0.15) is 0 Å². The largest absolute Gasteiger partial charge is 0.355 e. The highest BCUT2D eigenvalue weighted by molar-refractivity contribution is 6.31. The Kier molecular flexibility index (Phi) is 4.67. The summed E-state index contributed by atoms with van der Waals surface area (Å²) in [4.78, 5) is 28.3. The predicted octanol–water partition coefficient (Wildman–Crippen LogP) is 2.36. The van der Waals surface area contributed by atoms with Crippen molar-refractivity contribution in [2.45, 2.75) is 6.42 Å². The van der Waals surface area contributed by atoms with Crippen LogP contribution < -0.4 is 10.2 Å². The second-order valence-corrected chi connectivity index (χ2v) is 5.16. The van der Waals surface area contributed by atoms with Crippen LogP contribution in [-0.4, -0.2) is 32.0 Å². The lowest BCUT2D eigenvalue weighted by atomic mass is 10.1. The number of anilines is 1. The Morgan fingerprint density at radius 1 is 1.62 bits per heavy atom. The van der Waals surface area contributed by atoms with Crippen LogP contribution in [0.4, 0.5) is 5.69 Å². The van der Waals surface area contributed by atoms with Crippen molar-refractivity contribution in [3.63, 3.8) is 0 Å². The van der Waals surface area contributed by atoms with Gasteiger partial charge < -0.3 is 10.2 Å². The summed E-state index contributed by atoms with van der Waals surface area (Å²) in [6.07, 6.45) is 0.300. The smallest absolute Gasteiger partial charge is 0.253 e. The Bertz CT molecular complexity index is 627. The lowest BCUT2D eigenvalue weighted by Crippen LogP contribution is -2.29. The fourth-order valence-corrected chi connectivity index (χ4v) is 2.52. The van der Waals surface area contributed by atoms with Crippen molar-refractivity contribution in [2.24, 2.45) is 11.0 Å². The quantitative estimate of drug-likeness (QED) is 0.524. The lowest BCUT2D eigenvalue weighted by Gasteiger charge is -2.20. The topological polar surface area (TPSA) is 98.2 Å². The SMILES string of the molecule is CNC(=O)c1cc(Cl)ccc1N1CC(CN=[N+]=[N-])CC1=O. The van der Waals surface area contributed by atoms with Gasteiger partial charge in [-0.05, 0) is 29.6 Å². The van der Waals surface area contributed by atoms with Crippen molar-refractivity contribution in [1.82, 2.24) is 5.32 Å². The summed E-state index contributed by atoms with van der Waals surface area (Å²) in [6, 6.07) is 4.82. The number of hydrogen-bond donors (Lipinski definition) is 1. The fourth-order valence-electron chi connectivity index (χ4n) is 2.35. The van der Waals surface area contributed by atoms with Crippen LogP contribution in [0.5, 0.6) is 0 Å². The number of halogens is 1. The minimum atomic E-state index is -0.307. The van der Waals surface area contributed by atoms with E-state index in [0.717, 1.165) is 0 Å². The number of carbonyl (C=O) groups excluding carboxylic acids is 2. The van der Waals surface area contributed by atoms with Gasteiger partial charge in [-0.2, -0.15) is 0 Å². The second-order valence-electron chi connectivity index (χ2n) is 4.73. The highest BCUT2D eigenvalue weighted by Crippen LogP contribution is 2.30. The molecular weight excluding hydrogens is 294 g/mol. The number of nitrogens with one attached hydrogen (secondary N) is 1. The molecule has 7 nitrogen and oxygen atoms in total. The number of benzene rings is 1. The molecule has 0 bridgehead atoms. The average Bonchev–Trinajstić information content (AvgIpc) is 2.85. The molecule has 1 atom stereocenters. The molecule has 1 unspecified atom stereocenters. The fraction of sp³-hybridized carbons (Fsp3) is 0.385. The Morgan fingerprint density at radius 3 is 3.05 bits per heavy atom. The maximum atomic E-state index is 12.1. The maximum Gasteiger partial charge on any atom is 0.253 e. The summed E-state index contributed by atoms with van der Waals surface area (Å²) in [5, 5.41) is 6.46. The molecule has 21 heavy (non-hydrogen) atoms. The van der Waals surface area contributed by atoms with Crippen LogP contribution in [0.2, 0.25) is 5.02 Å². The van der Waals surface area contributed by atoms with E-state index in [0.29, 0.717) is 29.2 Å². The van der Waals surface area contributed by atoms with E-state index in [-0.39, 0.29) is 24.3 Å². The van der Waals surface area contributed by atoms with Crippen LogP contribution >= 0.6 is 11.6 Å². The standard InChI is InChI=1S/C13H14ClN5O2/c1-16-13(21)10-5-9(14)2-3-11(10)19-7-8(4-12(19)20)6-17-18-15/h2-3,5,8H,4,6-7H2,1H3,(H,16,21). The Morgan fingerprint density at radius 2 is 2.38 bits per heavy atom. The first-order valence-corrected chi connectivity index (χ1v) is 6.77. The molecule has 110 valence electrons. The molecule has 0 radical (unpaired) electrons. The number of azide groups is 1. The third kappa shape index (κ3) is 3.26. The van der Waals surface area contributed by atoms with Crippen molar-refractivity contribution in [1.29, 1.82) is 0 Å². The zero-order chi connectivity index (χ0) is 15.4. The molecular formula is C13H14ClN5O2. The van der Waals surface area contributed by atoms with Gasteiger partial charge in [0.2, 0.25) is 5.91 Å². The molecule has 1 aliphatic rings. The molecule has 1 aromatic carbocycles. The van der Waals surface area contributed by atoms with Crippen LogP contribution in [0, 0.1) is 5.92 Å². The van der Waals surface area contributed by atoms with Gasteiger partial charge in [0, 0.05) is 36.5 Å². The highest BCUT2D eigenvalue weighted by Gasteiger charge is 2.32. The van der Waals surface area contributed by atoms with E-state index in [9.17, 15) is 9.59 Å². The third-order valence-electron chi connectivity index (χ3n) is 3.33. The van der Waals surface area contributed by atoms with E-state index in [1.165, 1.54) is 13.1 Å². The molecule has 0 aromatic heterocycles. The van der Waals surface area contributed by atoms with Gasteiger partial charge in [0.25, 0.3) is 5.91 Å². The molecule has 1 aromatic rings. The Hall–Kier alpha value is -2.24. The second kappa shape index (κ2) is 6.47. The monoisotopic (exact) mass is 307 g/mol. The van der Waals surface area contributed by atoms with Crippen LogP contribution in [-0.2, 0) is 4.79 Å². The summed E-state index contributed by atoms with van der Waals surface area (Å²) in [6.45, 7) is 0.686. The van der Waals surface area contributed by atoms with E-state index in [4.69, 9.17) is 17.1 Å². The van der Waals surface area contributed by atoms with Gasteiger partial charge in [-0.3, -0.25) is 9.59 Å². The third-order valence-corrected chi connectivity index (χ3v) is 3.56. The first kappa shape index (κ1) is 15.2. The minimum Gasteiger partial charge on any atom is -0.355 e. The van der Waals surface area contributed by atoms with E-state index in [1.807, 2.05) is 0 Å². The van der Waals surface area contributed by atoms with E-state index < -0.39 is 0 Å². The van der Waals surface area contributed by atoms with Crippen LogP contribution in [0.25, 0.3) is 10.4 Å². The molecule has 1 aliphatic heterocycles. The normalized spacial score (nSPS) is 17.5. The zero-order valence-corrected chi connectivity index (χ0v) is 12.2. The van der Waals surface area contributed by atoms with Crippen molar-refractivity contribution in [2.75, 3.05) is 25.0 Å². The molecule has 1 N–H and O–H groups in total. The number of nitrogens with zero attached hydrogens (tertiary/aromatic N) is 4. The van der Waals surface area contributed by atoms with Crippen molar-refractivity contribution < 1.29 is 9.59 Å². The van der Waals surface area contributed by atoms with E-state index >= 15 is 0 Å². The van der Waals surface area contributed by atoms with Gasteiger partial charge in [-0.25, -0.2) is 0 Å². The maximum absolute atomic E-state index is 12.1. The molecule has 0 spiro atoms. The lowest BCUT2D eigenvalue weighted by molar-refractivity contribution is -0.117. The van der Waals surface area contributed by atoms with Crippen LogP contribution in [0.1, 0.15) is 16.8 Å². The summed E-state index contributed by atoms with van der Waals surface area (Å²) >= 11 is 5.92. The molecule has 1 saturated heterocycles. The molecule has 2 amide bonds. The molecule has 0 aliphatic carbocycles. The van der Waals surface area contributed by atoms with Gasteiger partial charge in [-0.1, -0.05) is 16.7 Å². The zero-order valence-electron chi connectivity index (χ0n) is 11.4. The molecule has 2 rings (SSSR count). The van der Waals surface area contributed by atoms with Gasteiger partial charge in [0.05, 0.1) is 11.3 Å². The first-order chi connectivity index (χ1) is 10.1. The van der Waals surface area contributed by atoms with Crippen molar-refractivity contribution in [3.05, 3.63) is 39.2 Å². The summed E-state index contributed by atoms with van der Waals surface area (Å²) in [5.74, 6) is -0.443. The highest BCUT2D eigenvalue weighted by atomic mass is 35.5. The number of carbonyl (C=O) groups is 2. The van der Waals surface area contributed by atoms with Crippen molar-refractivity contribution in [3.8, 4) is 0 Å². The van der Waals surface area contributed by atoms with Crippen molar-refractivity contribution >= 4 is 29.1 Å². The minimum absolute atomic E-state index is 0.0402. The first-order valence-electron chi connectivity index (χ1n) is 6.39. The Balaban J connectivity index is 2.31. The van der Waals surface area contributed by atoms with E-state index in [2.05, 4.69) is 15.3 Å². The summed E-state index contributed by atoms with van der Waals surface area (Å²) < 4.78 is 0. The van der Waals surface area contributed by atoms with Gasteiger partial charge in [-0.15, -0.1) is 0 Å². The average molecular weight is 308 g/mol. The number of rotatable bonds is 4. The van der Waals surface area contributed by atoms with Gasteiger partial charge in [0.15, 0.2) is 0 Å². The predicted molar refractivity (Wildman–Crippen MR) is 79.3 cm³/mol. The molecule has 8 heteroatoms. The molecule has 1 heterocycles. The molecule has 1 fully saturated rings. The number of amides is 2. The summed E-state index contributed by atoms with van der Waals surface area (Å²) in [7, 11) is 1.52. The van der Waals surface area contributed by atoms with Crippen LogP contribution in [0.3, 0.4) is 0 Å². The van der Waals surface area contributed by atoms with Gasteiger partial charge >= 0.3 is 0 Å².